The van der Waals surface area contributed by atoms with Crippen molar-refractivity contribution in [3.05, 3.63) is 94.0 Å². The molecular weight excluding hydrogens is 449 g/mol. The Labute approximate surface area is 201 Å². The van der Waals surface area contributed by atoms with E-state index in [1.165, 1.54) is 22.8 Å². The van der Waals surface area contributed by atoms with Crippen LogP contribution in [0, 0.1) is 12.7 Å². The summed E-state index contributed by atoms with van der Waals surface area (Å²) in [7, 11) is 0. The van der Waals surface area contributed by atoms with E-state index in [0.29, 0.717) is 41.5 Å². The number of ether oxygens (including phenoxy) is 2. The van der Waals surface area contributed by atoms with Crippen LogP contribution in [0.4, 0.5) is 15.8 Å². The molecule has 35 heavy (non-hydrogen) atoms. The normalized spacial score (nSPS) is 12.4. The smallest absolute Gasteiger partial charge is 0.256 e. The lowest BCUT2D eigenvalue weighted by Crippen LogP contribution is -2.31. The Balaban J connectivity index is 1.51. The summed E-state index contributed by atoms with van der Waals surface area (Å²) in [5.41, 5.74) is 3.08. The van der Waals surface area contributed by atoms with E-state index in [0.717, 1.165) is 16.6 Å². The highest BCUT2D eigenvalue weighted by Crippen LogP contribution is 2.34. The number of aromatic nitrogens is 1. The zero-order chi connectivity index (χ0) is 24.4. The molecule has 0 atom stereocenters. The van der Waals surface area contributed by atoms with Gasteiger partial charge in [-0.1, -0.05) is 23.8 Å². The number of anilines is 2. The molecule has 0 unspecified atom stereocenters. The van der Waals surface area contributed by atoms with E-state index in [1.54, 1.807) is 18.2 Å². The molecule has 0 saturated carbocycles. The number of hydrogen-bond donors (Lipinski definition) is 2. The second-order valence-electron chi connectivity index (χ2n) is 8.39. The fourth-order valence-corrected chi connectivity index (χ4v) is 4.04. The van der Waals surface area contributed by atoms with Crippen molar-refractivity contribution in [1.29, 1.82) is 0 Å². The van der Waals surface area contributed by atoms with Crippen LogP contribution in [0.2, 0.25) is 0 Å². The highest BCUT2D eigenvalue weighted by atomic mass is 19.1. The summed E-state index contributed by atoms with van der Waals surface area (Å²) in [6.07, 6.45) is 0. The molecule has 178 valence electrons. The number of halogens is 1. The van der Waals surface area contributed by atoms with Crippen LogP contribution < -0.4 is 25.7 Å². The molecule has 7 nitrogen and oxygen atoms in total. The third-order valence-electron chi connectivity index (χ3n) is 5.78. The van der Waals surface area contributed by atoms with Gasteiger partial charge in [0, 0.05) is 34.9 Å². The number of hydrogen-bond acceptors (Lipinski definition) is 5. The molecular formula is C27H24FN3O4. The fourth-order valence-electron chi connectivity index (χ4n) is 4.04. The molecule has 5 rings (SSSR count). The number of carbonyl (C=O) groups is 1. The van der Waals surface area contributed by atoms with Gasteiger partial charge < -0.3 is 20.1 Å². The first kappa shape index (κ1) is 22.5. The molecule has 8 heteroatoms. The van der Waals surface area contributed by atoms with Crippen molar-refractivity contribution in [2.45, 2.75) is 20.0 Å². The van der Waals surface area contributed by atoms with Crippen LogP contribution >= 0.6 is 0 Å². The van der Waals surface area contributed by atoms with E-state index in [1.807, 2.05) is 37.3 Å². The lowest BCUT2D eigenvalue weighted by molar-refractivity contribution is -0.116. The second kappa shape index (κ2) is 9.50. The van der Waals surface area contributed by atoms with Crippen molar-refractivity contribution in [1.82, 2.24) is 4.57 Å². The standard InChI is InChI=1S/C27H24FN3O4/c1-17-5-7-21(8-6-17)29-15-19-11-18-12-24-25(35-10-9-34-24)14-23(18)31(27(19)33)16-26(32)30-22-4-2-3-20(28)13-22/h2-8,11-14,29H,9-10,15-16H2,1H3,(H,30,32). The van der Waals surface area contributed by atoms with E-state index >= 15 is 0 Å². The molecule has 0 fully saturated rings. The predicted octanol–water partition coefficient (Wildman–Crippen LogP) is 4.47. The molecule has 1 amide bonds. The van der Waals surface area contributed by atoms with Crippen LogP contribution in [0.5, 0.6) is 11.5 Å². The van der Waals surface area contributed by atoms with Crippen LogP contribution in [0.1, 0.15) is 11.1 Å². The van der Waals surface area contributed by atoms with Crippen molar-refractivity contribution in [3.63, 3.8) is 0 Å². The fraction of sp³-hybridized carbons (Fsp3) is 0.185. The number of rotatable bonds is 6. The van der Waals surface area contributed by atoms with E-state index in [9.17, 15) is 14.0 Å². The lowest BCUT2D eigenvalue weighted by atomic mass is 10.1. The topological polar surface area (TPSA) is 81.6 Å². The second-order valence-corrected chi connectivity index (χ2v) is 8.39. The quantitative estimate of drug-likeness (QED) is 0.432. The van der Waals surface area contributed by atoms with Gasteiger partial charge in [0.05, 0.1) is 5.52 Å². The van der Waals surface area contributed by atoms with E-state index in [-0.39, 0.29) is 18.6 Å². The average Bonchev–Trinajstić information content (AvgIpc) is 2.85. The van der Waals surface area contributed by atoms with E-state index < -0.39 is 11.7 Å². The monoisotopic (exact) mass is 473 g/mol. The van der Waals surface area contributed by atoms with E-state index in [4.69, 9.17) is 9.47 Å². The maximum atomic E-state index is 13.5. The highest BCUT2D eigenvalue weighted by molar-refractivity contribution is 5.92. The largest absolute Gasteiger partial charge is 0.486 e. The molecule has 0 aliphatic carbocycles. The summed E-state index contributed by atoms with van der Waals surface area (Å²) in [6.45, 7) is 2.88. The zero-order valence-corrected chi connectivity index (χ0v) is 19.1. The molecule has 0 spiro atoms. The maximum Gasteiger partial charge on any atom is 0.256 e. The average molecular weight is 474 g/mol. The molecule has 0 saturated heterocycles. The summed E-state index contributed by atoms with van der Waals surface area (Å²) in [5.74, 6) is 0.208. The third-order valence-corrected chi connectivity index (χ3v) is 5.78. The minimum absolute atomic E-state index is 0.246. The van der Waals surface area contributed by atoms with Crippen molar-refractivity contribution in [2.24, 2.45) is 0 Å². The van der Waals surface area contributed by atoms with Gasteiger partial charge in [0.25, 0.3) is 5.56 Å². The van der Waals surface area contributed by atoms with Crippen LogP contribution in [-0.2, 0) is 17.9 Å². The Bertz CT molecular complexity index is 1460. The highest BCUT2D eigenvalue weighted by Gasteiger charge is 2.18. The van der Waals surface area contributed by atoms with Gasteiger partial charge in [-0.05, 0) is 49.4 Å². The summed E-state index contributed by atoms with van der Waals surface area (Å²) in [6, 6.07) is 18.8. The third kappa shape index (κ3) is 4.96. The van der Waals surface area contributed by atoms with Gasteiger partial charge in [0.1, 0.15) is 25.6 Å². The molecule has 1 aromatic heterocycles. The van der Waals surface area contributed by atoms with Gasteiger partial charge in [0.15, 0.2) is 11.5 Å². The summed E-state index contributed by atoms with van der Waals surface area (Å²) in [5, 5.41) is 6.67. The minimum Gasteiger partial charge on any atom is -0.486 e. The van der Waals surface area contributed by atoms with Gasteiger partial charge in [0.2, 0.25) is 5.91 Å². The predicted molar refractivity (Wildman–Crippen MR) is 133 cm³/mol. The molecule has 1 aliphatic heterocycles. The van der Waals surface area contributed by atoms with E-state index in [2.05, 4.69) is 10.6 Å². The maximum absolute atomic E-state index is 13.5. The Morgan fingerprint density at radius 1 is 0.971 bits per heavy atom. The lowest BCUT2D eigenvalue weighted by Gasteiger charge is -2.21. The first-order valence-corrected chi connectivity index (χ1v) is 11.3. The first-order chi connectivity index (χ1) is 17.0. The number of carbonyl (C=O) groups excluding carboxylic acids is 1. The van der Waals surface area contributed by atoms with Crippen LogP contribution in [0.25, 0.3) is 10.9 Å². The van der Waals surface area contributed by atoms with Gasteiger partial charge >= 0.3 is 0 Å². The van der Waals surface area contributed by atoms with Crippen molar-refractivity contribution in [2.75, 3.05) is 23.8 Å². The van der Waals surface area contributed by atoms with Crippen molar-refractivity contribution in [3.8, 4) is 11.5 Å². The number of benzene rings is 3. The van der Waals surface area contributed by atoms with Crippen LogP contribution in [-0.4, -0.2) is 23.7 Å². The molecule has 0 radical (unpaired) electrons. The zero-order valence-electron chi connectivity index (χ0n) is 19.1. The Morgan fingerprint density at radius 2 is 1.71 bits per heavy atom. The van der Waals surface area contributed by atoms with Crippen LogP contribution in [0.3, 0.4) is 0 Å². The molecule has 2 heterocycles. The number of amides is 1. The summed E-state index contributed by atoms with van der Waals surface area (Å²) < 4.78 is 26.3. The molecule has 4 aromatic rings. The van der Waals surface area contributed by atoms with Gasteiger partial charge in [-0.3, -0.25) is 14.2 Å². The molecule has 0 bridgehead atoms. The van der Waals surface area contributed by atoms with Gasteiger partial charge in [-0.2, -0.15) is 0 Å². The number of fused-ring (bicyclic) bond motifs is 2. The number of pyridine rings is 1. The minimum atomic E-state index is -0.460. The molecule has 1 aliphatic rings. The number of aryl methyl sites for hydroxylation is 1. The molecule has 3 aromatic carbocycles. The van der Waals surface area contributed by atoms with Crippen molar-refractivity contribution >= 4 is 28.2 Å². The number of nitrogens with one attached hydrogen (secondary N) is 2. The van der Waals surface area contributed by atoms with Gasteiger partial charge in [-0.25, -0.2) is 4.39 Å². The molecule has 2 N–H and O–H groups in total. The number of nitrogens with zero attached hydrogens (tertiary/aromatic N) is 1. The SMILES string of the molecule is Cc1ccc(NCc2cc3cc4c(cc3n(CC(=O)Nc3cccc(F)c3)c2=O)OCCO4)cc1. The Morgan fingerprint density at radius 3 is 2.46 bits per heavy atom. The Hall–Kier alpha value is -4.33. The van der Waals surface area contributed by atoms with Crippen molar-refractivity contribution < 1.29 is 18.7 Å². The summed E-state index contributed by atoms with van der Waals surface area (Å²) >= 11 is 0. The first-order valence-electron chi connectivity index (χ1n) is 11.3. The Kier molecular flexibility index (Phi) is 6.10. The van der Waals surface area contributed by atoms with Gasteiger partial charge in [-0.15, -0.1) is 0 Å². The van der Waals surface area contributed by atoms with Crippen LogP contribution in [0.15, 0.2) is 71.5 Å². The summed E-state index contributed by atoms with van der Waals surface area (Å²) in [4.78, 5) is 26.3.